The minimum Gasteiger partial charge on any atom is -0.469 e. The van der Waals surface area contributed by atoms with E-state index in [2.05, 4.69) is 25.2 Å². The van der Waals surface area contributed by atoms with E-state index in [0.717, 1.165) is 32.1 Å². The first kappa shape index (κ1) is 23.0. The molecule has 0 bridgehead atoms. The molecule has 4 aliphatic rings. The van der Waals surface area contributed by atoms with Crippen LogP contribution in [0.5, 0.6) is 0 Å². The molecule has 3 fully saturated rings. The molecule has 3 aliphatic carbocycles. The van der Waals surface area contributed by atoms with Gasteiger partial charge in [-0.25, -0.2) is 0 Å². The van der Waals surface area contributed by atoms with Gasteiger partial charge in [0.1, 0.15) is 0 Å². The standard InChI is InChI=1S/C20H29NO3.2C2H6/c1-19-10-8-14-12(13(19)5-6-15(19)18(23)24-3)4-7-16-20(14,2)11-9-17(22)21-16;2*1-2/h9,11-16H,4-8,10H2,1-3H3,(H,21,22);2*1-2H3/t12?,13?,14?,15-,16?,19?,20?;;/m1../s1. The number of fused-ring (bicyclic) bond motifs is 5. The molecular weight excluding hydrogens is 350 g/mol. The van der Waals surface area contributed by atoms with Crippen LogP contribution in [-0.2, 0) is 14.3 Å². The maximum Gasteiger partial charge on any atom is 0.309 e. The molecule has 28 heavy (non-hydrogen) atoms. The maximum absolute atomic E-state index is 12.3. The maximum atomic E-state index is 12.3. The summed E-state index contributed by atoms with van der Waals surface area (Å²) in [5.41, 5.74) is 0.167. The number of hydrogen-bond acceptors (Lipinski definition) is 3. The van der Waals surface area contributed by atoms with Gasteiger partial charge in [0.2, 0.25) is 5.91 Å². The molecule has 4 nitrogen and oxygen atoms in total. The summed E-state index contributed by atoms with van der Waals surface area (Å²) < 4.78 is 5.10. The molecule has 0 saturated heterocycles. The van der Waals surface area contributed by atoms with Crippen LogP contribution in [0.4, 0.5) is 0 Å². The fourth-order valence-electron chi connectivity index (χ4n) is 6.86. The van der Waals surface area contributed by atoms with Gasteiger partial charge in [0.25, 0.3) is 0 Å². The van der Waals surface area contributed by atoms with Crippen LogP contribution in [0.1, 0.15) is 80.1 Å². The second kappa shape index (κ2) is 9.00. The Morgan fingerprint density at radius 3 is 2.36 bits per heavy atom. The molecule has 0 spiro atoms. The minimum atomic E-state index is -0.0110. The summed E-state index contributed by atoms with van der Waals surface area (Å²) in [7, 11) is 1.52. The molecule has 0 aromatic rings. The van der Waals surface area contributed by atoms with E-state index in [1.165, 1.54) is 13.5 Å². The van der Waals surface area contributed by atoms with Crippen LogP contribution in [0.15, 0.2) is 12.2 Å². The van der Waals surface area contributed by atoms with E-state index in [0.29, 0.717) is 17.8 Å². The molecule has 0 aromatic heterocycles. The van der Waals surface area contributed by atoms with Crippen LogP contribution in [0.2, 0.25) is 0 Å². The zero-order chi connectivity index (χ0) is 21.1. The summed E-state index contributed by atoms with van der Waals surface area (Å²) in [5.74, 6) is 2.01. The minimum absolute atomic E-state index is 0.0110. The number of ether oxygens (including phenoxy) is 1. The van der Waals surface area contributed by atoms with Crippen molar-refractivity contribution >= 4 is 11.9 Å². The first-order chi connectivity index (χ1) is 13.4. The average molecular weight is 392 g/mol. The molecule has 0 radical (unpaired) electrons. The van der Waals surface area contributed by atoms with Crippen LogP contribution >= 0.6 is 0 Å². The molecule has 1 heterocycles. The van der Waals surface area contributed by atoms with Crippen molar-refractivity contribution in [3.8, 4) is 0 Å². The van der Waals surface area contributed by atoms with Gasteiger partial charge in [0.05, 0.1) is 13.0 Å². The molecule has 4 heteroatoms. The number of rotatable bonds is 1. The van der Waals surface area contributed by atoms with E-state index in [4.69, 9.17) is 4.74 Å². The van der Waals surface area contributed by atoms with Gasteiger partial charge in [0, 0.05) is 11.5 Å². The van der Waals surface area contributed by atoms with Crippen molar-refractivity contribution in [2.24, 2.45) is 34.5 Å². The summed E-state index contributed by atoms with van der Waals surface area (Å²) in [6.07, 6.45) is 10.5. The lowest BCUT2D eigenvalue weighted by Crippen LogP contribution is -2.59. The van der Waals surface area contributed by atoms with Crippen molar-refractivity contribution in [3.63, 3.8) is 0 Å². The number of nitrogens with one attached hydrogen (secondary N) is 1. The molecule has 4 rings (SSSR count). The summed E-state index contributed by atoms with van der Waals surface area (Å²) >= 11 is 0. The fraction of sp³-hybridized carbons (Fsp3) is 0.833. The van der Waals surface area contributed by atoms with E-state index in [9.17, 15) is 9.59 Å². The number of carbonyl (C=O) groups excluding carboxylic acids is 2. The van der Waals surface area contributed by atoms with E-state index in [1.54, 1.807) is 6.08 Å². The fourth-order valence-corrected chi connectivity index (χ4v) is 6.86. The third kappa shape index (κ3) is 3.52. The first-order valence-electron chi connectivity index (χ1n) is 11.5. The van der Waals surface area contributed by atoms with Crippen LogP contribution in [0, 0.1) is 34.5 Å². The highest BCUT2D eigenvalue weighted by Gasteiger charge is 2.61. The Morgan fingerprint density at radius 1 is 1.04 bits per heavy atom. The SMILES string of the molecule is CC.CC.COC(=O)[C@H]1CCC2C3CCC4NC(=O)C=CC4(C)C3CCC21C. The Balaban J connectivity index is 0.000000660. The van der Waals surface area contributed by atoms with Crippen molar-refractivity contribution in [3.05, 3.63) is 12.2 Å². The van der Waals surface area contributed by atoms with Gasteiger partial charge in [-0.1, -0.05) is 47.6 Å². The third-order valence-corrected chi connectivity index (χ3v) is 8.17. The topological polar surface area (TPSA) is 55.4 Å². The molecule has 1 amide bonds. The Bertz CT molecular complexity index is 601. The quantitative estimate of drug-likeness (QED) is 0.631. The highest BCUT2D eigenvalue weighted by atomic mass is 16.5. The van der Waals surface area contributed by atoms with Crippen LogP contribution in [0.3, 0.4) is 0 Å². The predicted molar refractivity (Wildman–Crippen MR) is 114 cm³/mol. The first-order valence-corrected chi connectivity index (χ1v) is 11.5. The molecule has 1 aliphatic heterocycles. The number of hydrogen-bond donors (Lipinski definition) is 1. The molecular formula is C24H41NO3. The third-order valence-electron chi connectivity index (χ3n) is 8.17. The molecule has 7 atom stereocenters. The van der Waals surface area contributed by atoms with Gasteiger partial charge in [0.15, 0.2) is 0 Å². The number of methoxy groups -OCH3 is 1. The zero-order valence-electron chi connectivity index (χ0n) is 19.0. The van der Waals surface area contributed by atoms with Crippen molar-refractivity contribution < 1.29 is 14.3 Å². The summed E-state index contributed by atoms with van der Waals surface area (Å²) in [5, 5.41) is 3.20. The highest BCUT2D eigenvalue weighted by molar-refractivity contribution is 5.89. The van der Waals surface area contributed by atoms with E-state index >= 15 is 0 Å². The monoisotopic (exact) mass is 391 g/mol. The van der Waals surface area contributed by atoms with Gasteiger partial charge in [-0.05, 0) is 67.8 Å². The summed E-state index contributed by atoms with van der Waals surface area (Å²) in [6.45, 7) is 12.7. The lowest BCUT2D eigenvalue weighted by Gasteiger charge is -2.58. The molecule has 6 unspecified atom stereocenters. The zero-order valence-corrected chi connectivity index (χ0v) is 19.0. The molecule has 1 N–H and O–H groups in total. The predicted octanol–water partition coefficient (Wildman–Crippen LogP) is 5.13. The highest BCUT2D eigenvalue weighted by Crippen LogP contribution is 2.65. The Hall–Kier alpha value is -1.32. The summed E-state index contributed by atoms with van der Waals surface area (Å²) in [4.78, 5) is 24.0. The van der Waals surface area contributed by atoms with Gasteiger partial charge in [-0.3, -0.25) is 9.59 Å². The van der Waals surface area contributed by atoms with Crippen molar-refractivity contribution in [2.45, 2.75) is 86.1 Å². The van der Waals surface area contributed by atoms with Gasteiger partial charge in [-0.15, -0.1) is 0 Å². The van der Waals surface area contributed by atoms with Crippen molar-refractivity contribution in [2.75, 3.05) is 7.11 Å². The number of carbonyl (C=O) groups is 2. The lowest BCUT2D eigenvalue weighted by molar-refractivity contribution is -0.153. The largest absolute Gasteiger partial charge is 0.469 e. The Morgan fingerprint density at radius 2 is 1.71 bits per heavy atom. The molecule has 3 saturated carbocycles. The second-order valence-electron chi connectivity index (χ2n) is 8.91. The van der Waals surface area contributed by atoms with Crippen LogP contribution in [-0.4, -0.2) is 25.0 Å². The van der Waals surface area contributed by atoms with E-state index < -0.39 is 0 Å². The van der Waals surface area contributed by atoms with Crippen LogP contribution in [0.25, 0.3) is 0 Å². The summed E-state index contributed by atoms with van der Waals surface area (Å²) in [6, 6.07) is 0.276. The second-order valence-corrected chi connectivity index (χ2v) is 8.91. The Kier molecular flexibility index (Phi) is 7.38. The van der Waals surface area contributed by atoms with Crippen molar-refractivity contribution in [1.82, 2.24) is 5.32 Å². The lowest BCUT2D eigenvalue weighted by atomic mass is 9.48. The van der Waals surface area contributed by atoms with Crippen LogP contribution < -0.4 is 5.32 Å². The smallest absolute Gasteiger partial charge is 0.309 e. The normalized spacial score (nSPS) is 43.0. The molecule has 160 valence electrons. The van der Waals surface area contributed by atoms with E-state index in [-0.39, 0.29) is 34.7 Å². The average Bonchev–Trinajstić information content (AvgIpc) is 3.08. The van der Waals surface area contributed by atoms with Gasteiger partial charge in [-0.2, -0.15) is 0 Å². The molecule has 0 aromatic carbocycles. The van der Waals surface area contributed by atoms with Gasteiger partial charge >= 0.3 is 5.97 Å². The van der Waals surface area contributed by atoms with E-state index in [1.807, 2.05) is 27.7 Å². The Labute approximate surface area is 171 Å². The van der Waals surface area contributed by atoms with Crippen molar-refractivity contribution in [1.29, 1.82) is 0 Å². The van der Waals surface area contributed by atoms with Gasteiger partial charge < -0.3 is 10.1 Å². The number of amides is 1. The number of esters is 1.